The molecule has 106 valence electrons. The van der Waals surface area contributed by atoms with Gasteiger partial charge in [0.1, 0.15) is 5.82 Å². The number of pyridine rings is 1. The van der Waals surface area contributed by atoms with Crippen molar-refractivity contribution in [2.75, 3.05) is 17.2 Å². The fraction of sp³-hybridized carbons (Fsp3) is 0.214. The van der Waals surface area contributed by atoms with Crippen molar-refractivity contribution in [2.24, 2.45) is 0 Å². The first-order chi connectivity index (χ1) is 9.52. The minimum Gasteiger partial charge on any atom is -0.368 e. The fourth-order valence-electron chi connectivity index (χ4n) is 1.75. The third-order valence-electron chi connectivity index (χ3n) is 2.74. The van der Waals surface area contributed by atoms with E-state index in [1.54, 1.807) is 26.0 Å². The highest BCUT2D eigenvalue weighted by Gasteiger charge is 2.14. The van der Waals surface area contributed by atoms with Crippen LogP contribution in [0.4, 0.5) is 30.5 Å². The van der Waals surface area contributed by atoms with E-state index in [2.05, 4.69) is 15.6 Å². The Labute approximate surface area is 114 Å². The molecule has 2 rings (SSSR count). The van der Waals surface area contributed by atoms with Crippen LogP contribution < -0.4 is 10.6 Å². The van der Waals surface area contributed by atoms with Gasteiger partial charge in [-0.25, -0.2) is 18.2 Å². The van der Waals surface area contributed by atoms with Gasteiger partial charge in [0.15, 0.2) is 23.3 Å². The molecule has 0 bridgehead atoms. The van der Waals surface area contributed by atoms with Crippen molar-refractivity contribution in [2.45, 2.75) is 13.8 Å². The first-order valence-electron chi connectivity index (χ1n) is 6.15. The topological polar surface area (TPSA) is 37.0 Å². The fourth-order valence-corrected chi connectivity index (χ4v) is 1.75. The summed E-state index contributed by atoms with van der Waals surface area (Å²) in [6, 6.07) is 5.19. The van der Waals surface area contributed by atoms with Crippen molar-refractivity contribution in [3.05, 3.63) is 47.3 Å². The van der Waals surface area contributed by atoms with Crippen LogP contribution in [0.2, 0.25) is 0 Å². The van der Waals surface area contributed by atoms with Gasteiger partial charge in [-0.1, -0.05) is 12.1 Å². The quantitative estimate of drug-likeness (QED) is 0.890. The lowest BCUT2D eigenvalue weighted by Gasteiger charge is -2.12. The number of nitrogens with one attached hydrogen (secondary N) is 2. The van der Waals surface area contributed by atoms with Crippen LogP contribution in [-0.2, 0) is 0 Å². The Hall–Kier alpha value is -2.24. The van der Waals surface area contributed by atoms with E-state index in [-0.39, 0.29) is 17.3 Å². The Morgan fingerprint density at radius 3 is 2.40 bits per heavy atom. The average Bonchev–Trinajstić information content (AvgIpc) is 2.39. The Balaban J connectivity index is 2.40. The number of benzene rings is 1. The predicted molar refractivity (Wildman–Crippen MR) is 72.7 cm³/mol. The minimum absolute atomic E-state index is 0.0783. The highest BCUT2D eigenvalue weighted by atomic mass is 19.1. The minimum atomic E-state index is -0.883. The molecule has 0 amide bonds. The summed E-state index contributed by atoms with van der Waals surface area (Å²) >= 11 is 0. The first-order valence-corrected chi connectivity index (χ1v) is 6.15. The van der Waals surface area contributed by atoms with Crippen molar-refractivity contribution in [1.82, 2.24) is 4.98 Å². The molecule has 0 aliphatic carbocycles. The SMILES string of the molecule is CCNc1nc(Nc2c(C)cccc2F)c(F)cc1F. The molecule has 20 heavy (non-hydrogen) atoms. The molecule has 0 spiro atoms. The highest BCUT2D eigenvalue weighted by molar-refractivity contribution is 5.62. The molecular formula is C14H14F3N3. The number of para-hydroxylation sites is 1. The molecule has 0 saturated heterocycles. The van der Waals surface area contributed by atoms with Gasteiger partial charge in [0.2, 0.25) is 0 Å². The van der Waals surface area contributed by atoms with Crippen LogP contribution in [-0.4, -0.2) is 11.5 Å². The van der Waals surface area contributed by atoms with Crippen LogP contribution in [0.3, 0.4) is 0 Å². The molecule has 0 fully saturated rings. The molecule has 0 unspecified atom stereocenters. The molecule has 0 aliphatic rings. The lowest BCUT2D eigenvalue weighted by atomic mass is 10.2. The van der Waals surface area contributed by atoms with Gasteiger partial charge in [-0.15, -0.1) is 0 Å². The number of aromatic nitrogens is 1. The number of hydrogen-bond donors (Lipinski definition) is 2. The molecule has 0 saturated carbocycles. The second-order valence-electron chi connectivity index (χ2n) is 4.24. The van der Waals surface area contributed by atoms with Gasteiger partial charge in [-0.3, -0.25) is 0 Å². The maximum Gasteiger partial charge on any atom is 0.169 e. The third kappa shape index (κ3) is 2.84. The number of aryl methyl sites for hydroxylation is 1. The standard InChI is InChI=1S/C14H14F3N3/c1-3-18-13-10(16)7-11(17)14(20-13)19-12-8(2)5-4-6-9(12)15/h4-7H,3H2,1-2H3,(H2,18,19,20). The van der Waals surface area contributed by atoms with Crippen molar-refractivity contribution < 1.29 is 13.2 Å². The molecule has 1 aromatic heterocycles. The summed E-state index contributed by atoms with van der Waals surface area (Å²) in [6.07, 6.45) is 0. The van der Waals surface area contributed by atoms with Crippen LogP contribution in [0, 0.1) is 24.4 Å². The highest BCUT2D eigenvalue weighted by Crippen LogP contribution is 2.26. The molecule has 1 aromatic carbocycles. The number of anilines is 3. The summed E-state index contributed by atoms with van der Waals surface area (Å²) in [5.41, 5.74) is 0.716. The van der Waals surface area contributed by atoms with E-state index in [0.29, 0.717) is 18.2 Å². The van der Waals surface area contributed by atoms with E-state index in [1.807, 2.05) is 0 Å². The van der Waals surface area contributed by atoms with Gasteiger partial charge < -0.3 is 10.6 Å². The van der Waals surface area contributed by atoms with Gasteiger partial charge in [0.25, 0.3) is 0 Å². The Morgan fingerprint density at radius 2 is 1.75 bits per heavy atom. The molecule has 0 aliphatic heterocycles. The summed E-state index contributed by atoms with van der Waals surface area (Å²) in [6.45, 7) is 3.88. The maximum atomic E-state index is 13.7. The monoisotopic (exact) mass is 281 g/mol. The Kier molecular flexibility index (Phi) is 4.12. The summed E-state index contributed by atoms with van der Waals surface area (Å²) in [4.78, 5) is 3.80. The molecule has 0 radical (unpaired) electrons. The van der Waals surface area contributed by atoms with E-state index >= 15 is 0 Å². The van der Waals surface area contributed by atoms with Crippen LogP contribution >= 0.6 is 0 Å². The van der Waals surface area contributed by atoms with E-state index < -0.39 is 17.5 Å². The van der Waals surface area contributed by atoms with E-state index in [1.165, 1.54) is 6.07 Å². The zero-order valence-corrected chi connectivity index (χ0v) is 11.1. The summed E-state index contributed by atoms with van der Waals surface area (Å²) in [5, 5.41) is 5.24. The van der Waals surface area contributed by atoms with Crippen molar-refractivity contribution in [1.29, 1.82) is 0 Å². The lowest BCUT2D eigenvalue weighted by molar-refractivity contribution is 0.579. The molecular weight excluding hydrogens is 267 g/mol. The van der Waals surface area contributed by atoms with Gasteiger partial charge in [-0.05, 0) is 25.5 Å². The molecule has 2 N–H and O–H groups in total. The van der Waals surface area contributed by atoms with Crippen LogP contribution in [0.25, 0.3) is 0 Å². The molecule has 1 heterocycles. The molecule has 0 atom stereocenters. The number of rotatable bonds is 4. The average molecular weight is 281 g/mol. The Bertz CT molecular complexity index is 609. The first kappa shape index (κ1) is 14.2. The van der Waals surface area contributed by atoms with Gasteiger partial charge in [0.05, 0.1) is 5.69 Å². The van der Waals surface area contributed by atoms with Crippen molar-refractivity contribution >= 4 is 17.3 Å². The zero-order chi connectivity index (χ0) is 14.7. The number of hydrogen-bond acceptors (Lipinski definition) is 3. The van der Waals surface area contributed by atoms with Crippen molar-refractivity contribution in [3.8, 4) is 0 Å². The normalized spacial score (nSPS) is 10.4. The van der Waals surface area contributed by atoms with Gasteiger partial charge in [0, 0.05) is 12.6 Å². The predicted octanol–water partition coefficient (Wildman–Crippen LogP) is 3.98. The number of nitrogens with zero attached hydrogens (tertiary/aromatic N) is 1. The maximum absolute atomic E-state index is 13.7. The Morgan fingerprint density at radius 1 is 1.05 bits per heavy atom. The van der Waals surface area contributed by atoms with Crippen LogP contribution in [0.15, 0.2) is 24.3 Å². The van der Waals surface area contributed by atoms with Crippen LogP contribution in [0.5, 0.6) is 0 Å². The molecule has 2 aromatic rings. The summed E-state index contributed by atoms with van der Waals surface area (Å²) < 4.78 is 40.8. The third-order valence-corrected chi connectivity index (χ3v) is 2.74. The zero-order valence-electron chi connectivity index (χ0n) is 11.1. The summed E-state index contributed by atoms with van der Waals surface area (Å²) in [5.74, 6) is -2.51. The number of halogens is 3. The van der Waals surface area contributed by atoms with Gasteiger partial charge in [-0.2, -0.15) is 0 Å². The molecule has 6 heteroatoms. The van der Waals surface area contributed by atoms with Crippen LogP contribution in [0.1, 0.15) is 12.5 Å². The van der Waals surface area contributed by atoms with Crippen molar-refractivity contribution in [3.63, 3.8) is 0 Å². The second-order valence-corrected chi connectivity index (χ2v) is 4.24. The lowest BCUT2D eigenvalue weighted by Crippen LogP contribution is -2.07. The van der Waals surface area contributed by atoms with Gasteiger partial charge >= 0.3 is 0 Å². The largest absolute Gasteiger partial charge is 0.368 e. The van der Waals surface area contributed by atoms with E-state index in [9.17, 15) is 13.2 Å². The molecule has 3 nitrogen and oxygen atoms in total. The second kappa shape index (κ2) is 5.81. The van der Waals surface area contributed by atoms with E-state index in [4.69, 9.17) is 0 Å². The van der Waals surface area contributed by atoms with E-state index in [0.717, 1.165) is 0 Å². The smallest absolute Gasteiger partial charge is 0.169 e. The summed E-state index contributed by atoms with van der Waals surface area (Å²) in [7, 11) is 0.